The monoisotopic (exact) mass is 392 g/mol. The number of imidazole rings is 1. The second-order valence-electron chi connectivity index (χ2n) is 7.20. The third-order valence-electron chi connectivity index (χ3n) is 5.43. The van der Waals surface area contributed by atoms with Crippen molar-refractivity contribution in [1.82, 2.24) is 29.0 Å². The molecule has 9 nitrogen and oxygen atoms in total. The van der Waals surface area contributed by atoms with E-state index < -0.39 is 10.0 Å². The van der Waals surface area contributed by atoms with Gasteiger partial charge >= 0.3 is 0 Å². The van der Waals surface area contributed by atoms with E-state index in [9.17, 15) is 13.2 Å². The molecular weight excluding hydrogens is 368 g/mol. The molecule has 0 unspecified atom stereocenters. The zero-order chi connectivity index (χ0) is 19.2. The smallest absolute Gasteiger partial charge is 0.269 e. The van der Waals surface area contributed by atoms with E-state index in [0.717, 1.165) is 18.7 Å². The van der Waals surface area contributed by atoms with Gasteiger partial charge in [-0.05, 0) is 32.3 Å². The number of amides is 1. The Morgan fingerprint density at radius 3 is 2.63 bits per heavy atom. The molecule has 0 saturated carbocycles. The molecule has 27 heavy (non-hydrogen) atoms. The Bertz CT molecular complexity index is 949. The van der Waals surface area contributed by atoms with Crippen LogP contribution in [0.1, 0.15) is 47.2 Å². The van der Waals surface area contributed by atoms with E-state index in [2.05, 4.69) is 15.4 Å². The molecule has 4 rings (SSSR count). The highest BCUT2D eigenvalue weighted by Crippen LogP contribution is 2.30. The number of aromatic nitrogens is 4. The zero-order valence-electron chi connectivity index (χ0n) is 15.6. The first kappa shape index (κ1) is 18.2. The van der Waals surface area contributed by atoms with Crippen molar-refractivity contribution in [3.05, 3.63) is 29.5 Å². The van der Waals surface area contributed by atoms with Crippen molar-refractivity contribution in [3.63, 3.8) is 0 Å². The average Bonchev–Trinajstić information content (AvgIpc) is 3.18. The molecule has 1 saturated heterocycles. The van der Waals surface area contributed by atoms with E-state index in [1.807, 2.05) is 6.07 Å². The number of hydrogen-bond acceptors (Lipinski definition) is 5. The molecule has 146 valence electrons. The van der Waals surface area contributed by atoms with Gasteiger partial charge in [0.05, 0.1) is 5.69 Å². The zero-order valence-corrected chi connectivity index (χ0v) is 16.4. The SMILES string of the molecule is Cc1nc(S(=O)(=O)N2CCC(c3cc4n(n3)CCCNC4=O)CC2)cn1C. The molecule has 0 atom stereocenters. The summed E-state index contributed by atoms with van der Waals surface area (Å²) in [5, 5.41) is 7.59. The van der Waals surface area contributed by atoms with Crippen LogP contribution in [0.5, 0.6) is 0 Å². The van der Waals surface area contributed by atoms with Crippen molar-refractivity contribution in [1.29, 1.82) is 0 Å². The third kappa shape index (κ3) is 3.27. The number of carbonyl (C=O) groups excluding carboxylic acids is 1. The highest BCUT2D eigenvalue weighted by atomic mass is 32.2. The first-order valence-electron chi connectivity index (χ1n) is 9.22. The number of nitrogens with one attached hydrogen (secondary N) is 1. The van der Waals surface area contributed by atoms with E-state index in [1.54, 1.807) is 29.4 Å². The fourth-order valence-corrected chi connectivity index (χ4v) is 5.18. The molecule has 0 aromatic carbocycles. The van der Waals surface area contributed by atoms with Gasteiger partial charge < -0.3 is 9.88 Å². The van der Waals surface area contributed by atoms with Gasteiger partial charge in [-0.25, -0.2) is 13.4 Å². The van der Waals surface area contributed by atoms with Crippen LogP contribution >= 0.6 is 0 Å². The maximum absolute atomic E-state index is 12.8. The summed E-state index contributed by atoms with van der Waals surface area (Å²) < 4.78 is 30.6. The van der Waals surface area contributed by atoms with E-state index in [0.29, 0.717) is 44.0 Å². The lowest BCUT2D eigenvalue weighted by Crippen LogP contribution is -2.38. The van der Waals surface area contributed by atoms with Crippen molar-refractivity contribution in [2.75, 3.05) is 19.6 Å². The fourth-order valence-electron chi connectivity index (χ4n) is 3.69. The first-order chi connectivity index (χ1) is 12.9. The van der Waals surface area contributed by atoms with Crippen molar-refractivity contribution < 1.29 is 13.2 Å². The van der Waals surface area contributed by atoms with Crippen LogP contribution in [0.15, 0.2) is 17.3 Å². The minimum absolute atomic E-state index is 0.0863. The summed E-state index contributed by atoms with van der Waals surface area (Å²) in [6.07, 6.45) is 3.79. The van der Waals surface area contributed by atoms with Gasteiger partial charge in [-0.2, -0.15) is 9.40 Å². The molecule has 0 aliphatic carbocycles. The first-order valence-corrected chi connectivity index (χ1v) is 10.7. The maximum Gasteiger partial charge on any atom is 0.269 e. The Morgan fingerprint density at radius 1 is 1.22 bits per heavy atom. The van der Waals surface area contributed by atoms with E-state index in [-0.39, 0.29) is 16.9 Å². The lowest BCUT2D eigenvalue weighted by molar-refractivity contribution is 0.0950. The predicted octanol–water partition coefficient (Wildman–Crippen LogP) is 0.627. The molecule has 2 aromatic heterocycles. The number of piperidine rings is 1. The number of aryl methyl sites for hydroxylation is 3. The minimum atomic E-state index is -3.57. The highest BCUT2D eigenvalue weighted by Gasteiger charge is 2.33. The van der Waals surface area contributed by atoms with Crippen molar-refractivity contribution in [2.24, 2.45) is 7.05 Å². The van der Waals surface area contributed by atoms with Gasteiger partial charge in [0.25, 0.3) is 15.9 Å². The number of fused-ring (bicyclic) bond motifs is 1. The summed E-state index contributed by atoms with van der Waals surface area (Å²) in [7, 11) is -1.79. The minimum Gasteiger partial charge on any atom is -0.351 e. The molecule has 10 heteroatoms. The van der Waals surface area contributed by atoms with E-state index in [1.165, 1.54) is 4.31 Å². The van der Waals surface area contributed by atoms with Gasteiger partial charge in [0.15, 0.2) is 5.03 Å². The molecule has 1 amide bonds. The standard InChI is InChI=1S/C17H24N6O3S/c1-12-19-16(11-21(12)2)27(25,26)22-8-4-13(5-9-22)14-10-15-17(24)18-6-3-7-23(15)20-14/h10-11,13H,3-9H2,1-2H3,(H,18,24). The largest absolute Gasteiger partial charge is 0.351 e. The van der Waals surface area contributed by atoms with Gasteiger partial charge in [-0.15, -0.1) is 0 Å². The topological polar surface area (TPSA) is 102 Å². The lowest BCUT2D eigenvalue weighted by atomic mass is 9.94. The molecule has 2 aliphatic rings. The summed E-state index contributed by atoms with van der Waals surface area (Å²) in [4.78, 5) is 16.3. The van der Waals surface area contributed by atoms with Crippen LogP contribution < -0.4 is 5.32 Å². The van der Waals surface area contributed by atoms with Gasteiger partial charge in [-0.1, -0.05) is 0 Å². The number of carbonyl (C=O) groups is 1. The van der Waals surface area contributed by atoms with Crippen LogP contribution in [-0.2, 0) is 23.6 Å². The molecule has 4 heterocycles. The summed E-state index contributed by atoms with van der Waals surface area (Å²) in [5.41, 5.74) is 1.48. The predicted molar refractivity (Wildman–Crippen MR) is 97.9 cm³/mol. The van der Waals surface area contributed by atoms with Crippen molar-refractivity contribution in [2.45, 2.75) is 43.7 Å². The molecule has 2 aromatic rings. The lowest BCUT2D eigenvalue weighted by Gasteiger charge is -2.29. The van der Waals surface area contributed by atoms with Crippen LogP contribution in [0.3, 0.4) is 0 Å². The molecular formula is C17H24N6O3S. The summed E-state index contributed by atoms with van der Waals surface area (Å²) in [5.74, 6) is 0.743. The average molecular weight is 392 g/mol. The Labute approximate surface area is 158 Å². The van der Waals surface area contributed by atoms with E-state index >= 15 is 0 Å². The van der Waals surface area contributed by atoms with Crippen molar-refractivity contribution >= 4 is 15.9 Å². The van der Waals surface area contributed by atoms with E-state index in [4.69, 9.17) is 0 Å². The summed E-state index contributed by atoms with van der Waals surface area (Å²) >= 11 is 0. The van der Waals surface area contributed by atoms with Gasteiger partial charge in [0.2, 0.25) is 0 Å². The van der Waals surface area contributed by atoms with Crippen LogP contribution in [-0.4, -0.2) is 57.6 Å². The highest BCUT2D eigenvalue weighted by molar-refractivity contribution is 7.89. The van der Waals surface area contributed by atoms with Crippen LogP contribution in [0.4, 0.5) is 0 Å². The normalized spacial score (nSPS) is 19.6. The Balaban J connectivity index is 1.48. The Kier molecular flexibility index (Phi) is 4.55. The van der Waals surface area contributed by atoms with Crippen LogP contribution in [0.25, 0.3) is 0 Å². The number of nitrogens with zero attached hydrogens (tertiary/aromatic N) is 5. The third-order valence-corrected chi connectivity index (χ3v) is 7.20. The second kappa shape index (κ2) is 6.75. The Morgan fingerprint density at radius 2 is 1.96 bits per heavy atom. The van der Waals surface area contributed by atoms with Crippen molar-refractivity contribution in [3.8, 4) is 0 Å². The molecule has 2 aliphatic heterocycles. The number of sulfonamides is 1. The maximum atomic E-state index is 12.8. The second-order valence-corrected chi connectivity index (χ2v) is 9.09. The molecule has 0 bridgehead atoms. The molecule has 1 N–H and O–H groups in total. The molecule has 0 radical (unpaired) electrons. The number of rotatable bonds is 3. The number of hydrogen-bond donors (Lipinski definition) is 1. The quantitative estimate of drug-likeness (QED) is 0.825. The van der Waals surface area contributed by atoms with Gasteiger partial charge in [0.1, 0.15) is 11.5 Å². The fraction of sp³-hybridized carbons (Fsp3) is 0.588. The summed E-state index contributed by atoms with van der Waals surface area (Å²) in [6.45, 7) is 4.03. The summed E-state index contributed by atoms with van der Waals surface area (Å²) in [6, 6.07) is 1.86. The van der Waals surface area contributed by atoms with Crippen LogP contribution in [0.2, 0.25) is 0 Å². The van der Waals surface area contributed by atoms with Gasteiger partial charge in [0, 0.05) is 45.3 Å². The van der Waals surface area contributed by atoms with Gasteiger partial charge in [-0.3, -0.25) is 9.48 Å². The molecule has 1 fully saturated rings. The van der Waals surface area contributed by atoms with Crippen LogP contribution in [0, 0.1) is 6.92 Å². The molecule has 0 spiro atoms. The Hall–Kier alpha value is -2.20.